The highest BCUT2D eigenvalue weighted by Gasteiger charge is 2.20. The minimum Gasteiger partial charge on any atom is -1.00 e. The van der Waals surface area contributed by atoms with Gasteiger partial charge in [0.25, 0.3) is 0 Å². The van der Waals surface area contributed by atoms with Crippen molar-refractivity contribution in [2.75, 3.05) is 7.15 Å². The fraction of sp³-hybridized carbons (Fsp3) is 0.0986. The van der Waals surface area contributed by atoms with Crippen molar-refractivity contribution in [1.29, 1.82) is 0 Å². The second kappa shape index (κ2) is 29.3. The van der Waals surface area contributed by atoms with E-state index in [0.29, 0.717) is 0 Å². The second-order valence-electron chi connectivity index (χ2n) is 19.7. The van der Waals surface area contributed by atoms with Gasteiger partial charge >= 0.3 is 0 Å². The van der Waals surface area contributed by atoms with Gasteiger partial charge in [-0.2, -0.15) is 13.7 Å². The molecule has 11 heteroatoms. The van der Waals surface area contributed by atoms with Gasteiger partial charge in [0.15, 0.2) is 38.2 Å². The predicted molar refractivity (Wildman–Crippen MR) is 339 cm³/mol. The molecule has 0 saturated heterocycles. The Morgan fingerprint density at radius 3 is 0.939 bits per heavy atom. The molecular formula is C71H57Br6FN4. The Labute approximate surface area is 536 Å². The molecule has 0 fully saturated rings. The van der Waals surface area contributed by atoms with Gasteiger partial charge < -0.3 is 50.9 Å². The van der Waals surface area contributed by atoms with Gasteiger partial charge in [-0.25, -0.2) is 0 Å². The molecule has 4 aromatic heterocycles. The van der Waals surface area contributed by atoms with Gasteiger partial charge in [0, 0.05) is 100 Å². The van der Waals surface area contributed by atoms with E-state index < -0.39 is 7.15 Å². The summed E-state index contributed by atoms with van der Waals surface area (Å²) in [6.45, 7) is 2.33. The summed E-state index contributed by atoms with van der Waals surface area (Å²) in [6, 6.07) is 83.0. The number of fused-ring (bicyclic) bond motifs is 12. The van der Waals surface area contributed by atoms with Crippen molar-refractivity contribution < 1.29 is 70.4 Å². The first-order chi connectivity index (χ1) is 39.4. The van der Waals surface area contributed by atoms with E-state index in [-0.39, 0.29) is 50.9 Å². The van der Waals surface area contributed by atoms with E-state index in [9.17, 15) is 4.39 Å². The number of aromatic nitrogens is 4. The van der Waals surface area contributed by atoms with Crippen molar-refractivity contribution in [2.24, 2.45) is 0 Å². The third kappa shape index (κ3) is 13.7. The minimum atomic E-state index is -1.00. The van der Waals surface area contributed by atoms with E-state index in [1.807, 2.05) is 24.4 Å². The maximum Gasteiger partial charge on any atom is 0.213 e. The zero-order valence-electron chi connectivity index (χ0n) is 45.6. The van der Waals surface area contributed by atoms with Gasteiger partial charge in [-0.05, 0) is 82.7 Å². The van der Waals surface area contributed by atoms with Crippen LogP contribution in [0, 0.1) is 0 Å². The van der Waals surface area contributed by atoms with Crippen LogP contribution in [-0.4, -0.2) is 12.1 Å². The summed E-state index contributed by atoms with van der Waals surface area (Å²) >= 11 is 10.4. The molecule has 0 bridgehead atoms. The molecule has 4 heterocycles. The fourth-order valence-electron chi connectivity index (χ4n) is 11.1. The maximum atomic E-state index is 9.96. The number of hydrogen-bond acceptors (Lipinski definition) is 1. The Kier molecular flexibility index (Phi) is 21.5. The lowest BCUT2D eigenvalue weighted by atomic mass is 10.0. The fourth-order valence-corrected chi connectivity index (χ4v) is 12.1. The molecule has 0 spiro atoms. The number of para-hydroxylation sites is 4. The van der Waals surface area contributed by atoms with Gasteiger partial charge in [0.1, 0.15) is 0 Å². The monoisotopic (exact) mass is 1460 g/mol. The number of nitrogens with zero attached hydrogens (tertiary/aromatic N) is 4. The molecule has 0 aliphatic heterocycles. The van der Waals surface area contributed by atoms with E-state index in [2.05, 4.69) is 297 Å². The van der Waals surface area contributed by atoms with Gasteiger partial charge in [-0.1, -0.05) is 199 Å². The Morgan fingerprint density at radius 1 is 0.341 bits per heavy atom. The Morgan fingerprint density at radius 2 is 0.598 bits per heavy atom. The van der Waals surface area contributed by atoms with Crippen molar-refractivity contribution >= 4 is 134 Å². The smallest absolute Gasteiger partial charge is 0.213 e. The molecule has 4 nitrogen and oxygen atoms in total. The molecule has 0 saturated carbocycles. The first-order valence-corrected chi connectivity index (χ1v) is 29.7. The largest absolute Gasteiger partial charge is 1.00 e. The summed E-state index contributed by atoms with van der Waals surface area (Å²) < 4.78 is 22.8. The SMILES string of the molecule is BrCc1cc(CBr)cc(CBr)c1.[2H]CF.[Br-].[Br-].[Br-].c1ccc2c(c1)c[n+](Cc1cc(C[n+]3cc4ccccc4c4ccccc43)cc(C[n+]3cc4ccccc4c4ccccc43)c1)c1ccccc21.c1ccc2c(c1)cnc1ccccc12. The number of benzene rings is 10. The van der Waals surface area contributed by atoms with Crippen LogP contribution >= 0.6 is 47.8 Å². The van der Waals surface area contributed by atoms with Crippen LogP contribution in [0.4, 0.5) is 4.39 Å². The van der Waals surface area contributed by atoms with Crippen molar-refractivity contribution in [3.63, 3.8) is 0 Å². The highest BCUT2D eigenvalue weighted by atomic mass is 79.9. The van der Waals surface area contributed by atoms with Gasteiger partial charge in [0.2, 0.25) is 16.6 Å². The molecular weight excluding hydrogens is 1410 g/mol. The standard InChI is InChI=1S/C48H36N3.C13H9N.C9H9Br3.CH3F.3BrH/c1-4-16-40-37(13-1)31-49(46-22-10-7-19-43(40)46)28-34-25-35(29-50-32-38-14-2-5-17-41(38)44-20-8-11-23-47(44)50)27-36(26-34)30-51-33-39-15-3-6-18-42(39)45-21-9-12-24-48(45)51;1-2-6-11-10(5-1)9-14-13-8-4-3-7-12(11)13;10-4-7-1-8(5-11)3-9(2-7)6-12;1-2;;;/h1-27,31-33H,28-30H2;1-9H;1-3H,4-6H2;1H3;3*1H/q+3;;;;;;/p-3/i;;;1D;;;. The lowest BCUT2D eigenvalue weighted by molar-refractivity contribution is -0.663. The van der Waals surface area contributed by atoms with Crippen LogP contribution in [0.1, 0.15) is 34.8 Å². The summed E-state index contributed by atoms with van der Waals surface area (Å²) in [5.41, 5.74) is 12.7. The summed E-state index contributed by atoms with van der Waals surface area (Å²) in [6.07, 6.45) is 8.89. The van der Waals surface area contributed by atoms with E-state index in [0.717, 1.165) is 41.1 Å². The number of alkyl halides is 4. The lowest BCUT2D eigenvalue weighted by Gasteiger charge is -2.11. The Bertz CT molecular complexity index is 4080. The van der Waals surface area contributed by atoms with Crippen LogP contribution in [0.2, 0.25) is 0 Å². The van der Waals surface area contributed by atoms with Gasteiger partial charge in [-0.3, -0.25) is 9.37 Å². The second-order valence-corrected chi connectivity index (χ2v) is 21.3. The highest BCUT2D eigenvalue weighted by molar-refractivity contribution is 9.09. The van der Waals surface area contributed by atoms with Crippen molar-refractivity contribution in [2.45, 2.75) is 35.6 Å². The summed E-state index contributed by atoms with van der Waals surface area (Å²) in [7, 11) is -1.00. The first-order valence-electron chi connectivity index (χ1n) is 27.0. The number of pyridine rings is 4. The van der Waals surface area contributed by atoms with Gasteiger partial charge in [0.05, 0.1) is 30.2 Å². The molecule has 0 radical (unpaired) electrons. The molecule has 0 unspecified atom stereocenters. The van der Waals surface area contributed by atoms with E-state index in [1.54, 1.807) is 0 Å². The molecule has 0 amide bonds. The van der Waals surface area contributed by atoms with Crippen LogP contribution in [0.3, 0.4) is 0 Å². The molecule has 10 aromatic carbocycles. The third-order valence-corrected chi connectivity index (χ3v) is 16.5. The predicted octanol–water partition coefficient (Wildman–Crippen LogP) is 8.97. The van der Waals surface area contributed by atoms with E-state index in [1.165, 1.54) is 115 Å². The molecule has 82 heavy (non-hydrogen) atoms. The van der Waals surface area contributed by atoms with Crippen LogP contribution in [0.5, 0.6) is 0 Å². The van der Waals surface area contributed by atoms with Crippen LogP contribution in [0.15, 0.2) is 255 Å². The molecule has 0 aliphatic rings. The first kappa shape index (κ1) is 60.3. The number of halogens is 7. The zero-order chi connectivity index (χ0) is 54.8. The van der Waals surface area contributed by atoms with E-state index in [4.69, 9.17) is 1.37 Å². The van der Waals surface area contributed by atoms with Crippen LogP contribution in [-0.2, 0) is 35.6 Å². The molecule has 14 rings (SSSR count). The Balaban J connectivity index is 0.000000230. The number of hydrogen-bond donors (Lipinski definition) is 0. The van der Waals surface area contributed by atoms with Crippen LogP contribution < -0.4 is 64.6 Å². The summed E-state index contributed by atoms with van der Waals surface area (Å²) in [5.74, 6) is 0. The number of rotatable bonds is 9. The topological polar surface area (TPSA) is 24.5 Å². The van der Waals surface area contributed by atoms with Gasteiger partial charge in [-0.15, -0.1) is 0 Å². The van der Waals surface area contributed by atoms with Crippen molar-refractivity contribution in [3.8, 4) is 0 Å². The maximum absolute atomic E-state index is 9.96. The molecule has 0 aliphatic carbocycles. The molecule has 410 valence electrons. The van der Waals surface area contributed by atoms with Crippen molar-refractivity contribution in [3.05, 3.63) is 289 Å². The average molecular weight is 1470 g/mol. The average Bonchev–Trinajstić information content (AvgIpc) is 3.57. The zero-order valence-corrected chi connectivity index (χ0v) is 54.1. The molecule has 0 N–H and O–H groups in total. The quantitative estimate of drug-likeness (QED) is 0.0806. The molecule has 14 aromatic rings. The summed E-state index contributed by atoms with van der Waals surface area (Å²) in [5, 5.41) is 17.9. The third-order valence-electron chi connectivity index (χ3n) is 14.5. The lowest BCUT2D eigenvalue weighted by Crippen LogP contribution is -3.00. The normalized spacial score (nSPS) is 10.9. The highest BCUT2D eigenvalue weighted by Crippen LogP contribution is 2.27. The minimum absolute atomic E-state index is 0. The van der Waals surface area contributed by atoms with Crippen molar-refractivity contribution in [1.82, 2.24) is 4.98 Å². The van der Waals surface area contributed by atoms with E-state index >= 15 is 0 Å². The Hall–Kier alpha value is -6.31. The molecule has 0 atom stereocenters. The van der Waals surface area contributed by atoms with Crippen LogP contribution in [0.25, 0.3) is 86.7 Å². The summed E-state index contributed by atoms with van der Waals surface area (Å²) in [4.78, 5) is 4.41.